The molecule has 0 saturated carbocycles. The van der Waals surface area contributed by atoms with Crippen LogP contribution >= 0.6 is 28.1 Å². The first-order valence-corrected chi connectivity index (χ1v) is 12.2. The minimum Gasteiger partial charge on any atom is -0.492 e. The number of primary sulfonamides is 1. The average Bonchev–Trinajstić information content (AvgIpc) is 2.75. The van der Waals surface area contributed by atoms with Crippen LogP contribution in [0.15, 0.2) is 82.2 Å². The molecule has 0 spiro atoms. The van der Waals surface area contributed by atoms with Crippen molar-refractivity contribution in [3.05, 3.63) is 88.4 Å². The van der Waals surface area contributed by atoms with E-state index in [1.54, 1.807) is 18.2 Å². The van der Waals surface area contributed by atoms with Gasteiger partial charge in [-0.25, -0.2) is 13.6 Å². The van der Waals surface area contributed by atoms with Gasteiger partial charge in [-0.15, -0.1) is 0 Å². The van der Waals surface area contributed by atoms with Crippen molar-refractivity contribution in [2.24, 2.45) is 5.14 Å². The smallest absolute Gasteiger partial charge is 0.257 e. The molecule has 0 bridgehead atoms. The first kappa shape index (κ1) is 23.9. The Balaban J connectivity index is 1.54. The van der Waals surface area contributed by atoms with Crippen LogP contribution in [0.25, 0.3) is 0 Å². The second kappa shape index (κ2) is 10.7. The molecule has 166 valence electrons. The van der Waals surface area contributed by atoms with Gasteiger partial charge in [0.15, 0.2) is 5.11 Å². The van der Waals surface area contributed by atoms with E-state index in [2.05, 4.69) is 26.6 Å². The lowest BCUT2D eigenvalue weighted by Crippen LogP contribution is -2.34. The van der Waals surface area contributed by atoms with Crippen molar-refractivity contribution in [3.63, 3.8) is 0 Å². The van der Waals surface area contributed by atoms with Crippen molar-refractivity contribution in [2.75, 3.05) is 11.9 Å². The number of halogens is 1. The summed E-state index contributed by atoms with van der Waals surface area (Å²) in [7, 11) is -3.78. The molecule has 0 aliphatic heterocycles. The van der Waals surface area contributed by atoms with E-state index in [1.807, 2.05) is 30.3 Å². The molecule has 32 heavy (non-hydrogen) atoms. The highest BCUT2D eigenvalue weighted by Crippen LogP contribution is 2.26. The molecule has 0 aromatic heterocycles. The van der Waals surface area contributed by atoms with Gasteiger partial charge in [-0.1, -0.05) is 30.3 Å². The number of carbonyl (C=O) groups excluding carboxylic acids is 1. The number of thiocarbonyl (C=S) groups is 1. The van der Waals surface area contributed by atoms with Gasteiger partial charge >= 0.3 is 0 Å². The summed E-state index contributed by atoms with van der Waals surface area (Å²) in [4.78, 5) is 12.5. The summed E-state index contributed by atoms with van der Waals surface area (Å²) >= 11 is 8.59. The Morgan fingerprint density at radius 3 is 2.34 bits per heavy atom. The molecule has 0 aliphatic rings. The lowest BCUT2D eigenvalue weighted by Gasteiger charge is -2.12. The molecular formula is C22H20BrN3O4S2. The Morgan fingerprint density at radius 1 is 1.03 bits per heavy atom. The predicted molar refractivity (Wildman–Crippen MR) is 131 cm³/mol. The number of rotatable bonds is 7. The summed E-state index contributed by atoms with van der Waals surface area (Å²) < 4.78 is 29.1. The van der Waals surface area contributed by atoms with Gasteiger partial charge in [-0.3, -0.25) is 10.1 Å². The zero-order valence-electron chi connectivity index (χ0n) is 16.7. The summed E-state index contributed by atoms with van der Waals surface area (Å²) in [6.07, 6.45) is 0.771. The number of amides is 1. The standard InChI is InChI=1S/C22H20BrN3O4S2/c23-19-14-16(6-11-20(19)30-13-12-15-4-2-1-3-5-15)21(27)26-22(31)25-17-7-9-18(10-8-17)32(24,28)29/h1-11,14H,12-13H2,(H2,24,28,29)(H2,25,26,27,31). The van der Waals surface area contributed by atoms with Crippen LogP contribution in [0.3, 0.4) is 0 Å². The van der Waals surface area contributed by atoms with E-state index in [-0.39, 0.29) is 10.0 Å². The van der Waals surface area contributed by atoms with Crippen LogP contribution in [-0.4, -0.2) is 26.0 Å². The summed E-state index contributed by atoms with van der Waals surface area (Å²) in [5.74, 6) is 0.230. The molecule has 3 aromatic rings. The van der Waals surface area contributed by atoms with Gasteiger partial charge in [0.25, 0.3) is 5.91 Å². The number of hydrogen-bond acceptors (Lipinski definition) is 5. The highest BCUT2D eigenvalue weighted by molar-refractivity contribution is 9.10. The maximum Gasteiger partial charge on any atom is 0.257 e. The summed E-state index contributed by atoms with van der Waals surface area (Å²) in [6, 6.07) is 20.7. The molecule has 0 heterocycles. The fraction of sp³-hybridized carbons (Fsp3) is 0.0909. The monoisotopic (exact) mass is 533 g/mol. The number of carbonyl (C=O) groups is 1. The molecule has 7 nitrogen and oxygen atoms in total. The number of hydrogen-bond donors (Lipinski definition) is 3. The largest absolute Gasteiger partial charge is 0.492 e. The predicted octanol–water partition coefficient (Wildman–Crippen LogP) is 3.84. The second-order valence-corrected chi connectivity index (χ2v) is 9.53. The van der Waals surface area contributed by atoms with Gasteiger partial charge in [0.1, 0.15) is 5.75 Å². The number of benzene rings is 3. The van der Waals surface area contributed by atoms with E-state index in [4.69, 9.17) is 22.1 Å². The third kappa shape index (κ3) is 6.86. The van der Waals surface area contributed by atoms with Crippen molar-refractivity contribution >= 4 is 54.9 Å². The molecule has 3 rings (SSSR count). The quantitative estimate of drug-likeness (QED) is 0.398. The number of ether oxygens (including phenoxy) is 1. The molecule has 0 aliphatic carbocycles. The van der Waals surface area contributed by atoms with E-state index in [1.165, 1.54) is 29.8 Å². The van der Waals surface area contributed by atoms with Crippen molar-refractivity contribution in [2.45, 2.75) is 11.3 Å². The van der Waals surface area contributed by atoms with Gasteiger partial charge in [0, 0.05) is 17.7 Å². The summed E-state index contributed by atoms with van der Waals surface area (Å²) in [5, 5.41) is 10.5. The van der Waals surface area contributed by atoms with Gasteiger partial charge in [0.05, 0.1) is 16.0 Å². The van der Waals surface area contributed by atoms with E-state index in [9.17, 15) is 13.2 Å². The fourth-order valence-corrected chi connectivity index (χ4v) is 3.97. The van der Waals surface area contributed by atoms with Crippen LogP contribution in [0.5, 0.6) is 5.75 Å². The van der Waals surface area contributed by atoms with Gasteiger partial charge in [-0.05, 0) is 76.2 Å². The molecule has 0 saturated heterocycles. The van der Waals surface area contributed by atoms with Crippen LogP contribution in [0, 0.1) is 0 Å². The zero-order chi connectivity index (χ0) is 23.1. The van der Waals surface area contributed by atoms with Crippen molar-refractivity contribution in [1.29, 1.82) is 0 Å². The topological polar surface area (TPSA) is 111 Å². The number of anilines is 1. The van der Waals surface area contributed by atoms with Gasteiger partial charge < -0.3 is 10.1 Å². The molecule has 3 aromatic carbocycles. The van der Waals surface area contributed by atoms with Crippen molar-refractivity contribution in [3.8, 4) is 5.75 Å². The van der Waals surface area contributed by atoms with Gasteiger partial charge in [-0.2, -0.15) is 0 Å². The minimum absolute atomic E-state index is 0.0195. The summed E-state index contributed by atoms with van der Waals surface area (Å²) in [5.41, 5.74) is 2.08. The Labute approximate surface area is 200 Å². The lowest BCUT2D eigenvalue weighted by atomic mass is 10.2. The lowest BCUT2D eigenvalue weighted by molar-refractivity contribution is 0.0977. The number of nitrogens with two attached hydrogens (primary N) is 1. The Hall–Kier alpha value is -2.79. The zero-order valence-corrected chi connectivity index (χ0v) is 20.0. The van der Waals surface area contributed by atoms with Crippen LogP contribution in [0.4, 0.5) is 5.69 Å². The van der Waals surface area contributed by atoms with E-state index in [0.29, 0.717) is 28.1 Å². The molecule has 1 amide bonds. The molecule has 10 heteroatoms. The first-order valence-electron chi connectivity index (χ1n) is 9.44. The highest BCUT2D eigenvalue weighted by atomic mass is 79.9. The second-order valence-electron chi connectivity index (χ2n) is 6.71. The Kier molecular flexibility index (Phi) is 7.97. The first-order chi connectivity index (χ1) is 15.2. The fourth-order valence-electron chi connectivity index (χ4n) is 2.75. The molecule has 0 atom stereocenters. The third-order valence-corrected chi connectivity index (χ3v) is 6.11. The SMILES string of the molecule is NS(=O)(=O)c1ccc(NC(=S)NC(=O)c2ccc(OCCc3ccccc3)c(Br)c2)cc1. The maximum absolute atomic E-state index is 12.5. The van der Waals surface area contributed by atoms with Crippen LogP contribution in [0.2, 0.25) is 0 Å². The molecule has 4 N–H and O–H groups in total. The molecule has 0 fully saturated rings. The maximum atomic E-state index is 12.5. The number of sulfonamides is 1. The van der Waals surface area contributed by atoms with E-state index in [0.717, 1.165) is 6.42 Å². The molecular weight excluding hydrogens is 514 g/mol. The number of nitrogens with one attached hydrogen (secondary N) is 2. The van der Waals surface area contributed by atoms with Crippen molar-refractivity contribution < 1.29 is 17.9 Å². The minimum atomic E-state index is -3.78. The Morgan fingerprint density at radius 2 is 1.72 bits per heavy atom. The molecule has 0 unspecified atom stereocenters. The van der Waals surface area contributed by atoms with Crippen LogP contribution in [0.1, 0.15) is 15.9 Å². The third-order valence-electron chi connectivity index (χ3n) is 4.35. The average molecular weight is 534 g/mol. The van der Waals surface area contributed by atoms with Crippen LogP contribution in [-0.2, 0) is 16.4 Å². The van der Waals surface area contributed by atoms with Crippen LogP contribution < -0.4 is 20.5 Å². The van der Waals surface area contributed by atoms with Crippen molar-refractivity contribution in [1.82, 2.24) is 5.32 Å². The van der Waals surface area contributed by atoms with E-state index >= 15 is 0 Å². The highest BCUT2D eigenvalue weighted by Gasteiger charge is 2.12. The normalized spacial score (nSPS) is 10.9. The van der Waals surface area contributed by atoms with E-state index < -0.39 is 15.9 Å². The summed E-state index contributed by atoms with van der Waals surface area (Å²) in [6.45, 7) is 0.506. The molecule has 0 radical (unpaired) electrons. The van der Waals surface area contributed by atoms with Gasteiger partial charge in [0.2, 0.25) is 10.0 Å². The Bertz CT molecular complexity index is 1220.